The fourth-order valence-corrected chi connectivity index (χ4v) is 2.28. The van der Waals surface area contributed by atoms with Gasteiger partial charge in [0.2, 0.25) is 5.88 Å². The van der Waals surface area contributed by atoms with Gasteiger partial charge in [-0.3, -0.25) is 0 Å². The molecule has 1 N–H and O–H groups in total. The third kappa shape index (κ3) is 3.35. The lowest BCUT2D eigenvalue weighted by Gasteiger charge is -2.05. The molecule has 1 heterocycles. The molecule has 3 rings (SSSR count). The zero-order valence-corrected chi connectivity index (χ0v) is 12.2. The second-order valence-corrected chi connectivity index (χ2v) is 4.97. The van der Waals surface area contributed by atoms with Gasteiger partial charge in [-0.1, -0.05) is 48.5 Å². The van der Waals surface area contributed by atoms with E-state index in [9.17, 15) is 5.11 Å². The fraction of sp³-hybridized carbons (Fsp3) is 0.167. The summed E-state index contributed by atoms with van der Waals surface area (Å²) in [5, 5.41) is 13.7. The Morgan fingerprint density at radius 1 is 0.955 bits per heavy atom. The Bertz CT molecular complexity index is 708. The van der Waals surface area contributed by atoms with Gasteiger partial charge in [0.05, 0.1) is 11.4 Å². The molecule has 0 spiro atoms. The van der Waals surface area contributed by atoms with E-state index in [-0.39, 0.29) is 6.61 Å². The Balaban J connectivity index is 1.81. The van der Waals surface area contributed by atoms with E-state index in [1.165, 1.54) is 0 Å². The maximum atomic E-state index is 9.23. The Hall–Kier alpha value is -2.59. The molecule has 22 heavy (non-hydrogen) atoms. The van der Waals surface area contributed by atoms with E-state index in [2.05, 4.69) is 5.10 Å². The first kappa shape index (κ1) is 14.4. The van der Waals surface area contributed by atoms with Crippen molar-refractivity contribution in [2.75, 3.05) is 6.61 Å². The lowest BCUT2D eigenvalue weighted by Crippen LogP contribution is -2.04. The van der Waals surface area contributed by atoms with Crippen LogP contribution in [0.15, 0.2) is 66.7 Å². The molecule has 0 unspecified atom stereocenters. The molecule has 0 atom stereocenters. The van der Waals surface area contributed by atoms with E-state index in [0.29, 0.717) is 18.9 Å². The zero-order chi connectivity index (χ0) is 15.2. The first-order valence-electron chi connectivity index (χ1n) is 7.29. The molecule has 0 saturated heterocycles. The second kappa shape index (κ2) is 6.91. The van der Waals surface area contributed by atoms with E-state index in [4.69, 9.17) is 4.74 Å². The molecule has 4 heteroatoms. The Kier molecular flexibility index (Phi) is 4.51. The van der Waals surface area contributed by atoms with Gasteiger partial charge in [0.25, 0.3) is 0 Å². The molecule has 1 aromatic heterocycles. The SMILES string of the molecule is OCCc1cc(OCc2ccccc2)nn1-c1ccccc1. The van der Waals surface area contributed by atoms with Gasteiger partial charge in [-0.25, -0.2) is 4.68 Å². The topological polar surface area (TPSA) is 47.3 Å². The van der Waals surface area contributed by atoms with Crippen molar-refractivity contribution in [1.82, 2.24) is 9.78 Å². The van der Waals surface area contributed by atoms with Crippen molar-refractivity contribution in [3.63, 3.8) is 0 Å². The van der Waals surface area contributed by atoms with E-state index in [1.807, 2.05) is 71.4 Å². The molecule has 0 aliphatic heterocycles. The minimum Gasteiger partial charge on any atom is -0.472 e. The summed E-state index contributed by atoms with van der Waals surface area (Å²) in [6.45, 7) is 0.557. The molecule has 4 nitrogen and oxygen atoms in total. The molecule has 0 radical (unpaired) electrons. The maximum absolute atomic E-state index is 9.23. The lowest BCUT2D eigenvalue weighted by atomic mass is 10.2. The minimum absolute atomic E-state index is 0.0800. The van der Waals surface area contributed by atoms with Crippen molar-refractivity contribution >= 4 is 0 Å². The van der Waals surface area contributed by atoms with Gasteiger partial charge in [-0.15, -0.1) is 5.10 Å². The van der Waals surface area contributed by atoms with Crippen LogP contribution >= 0.6 is 0 Å². The van der Waals surface area contributed by atoms with Crippen LogP contribution < -0.4 is 4.74 Å². The molecule has 0 aliphatic rings. The molecule has 0 fully saturated rings. The quantitative estimate of drug-likeness (QED) is 0.760. The molecule has 2 aromatic carbocycles. The van der Waals surface area contributed by atoms with E-state index in [0.717, 1.165) is 16.9 Å². The molecule has 112 valence electrons. The van der Waals surface area contributed by atoms with Gasteiger partial charge in [-0.05, 0) is 17.7 Å². The summed E-state index contributed by atoms with van der Waals surface area (Å²) in [7, 11) is 0. The van der Waals surface area contributed by atoms with E-state index < -0.39 is 0 Å². The predicted molar refractivity (Wildman–Crippen MR) is 85.1 cm³/mol. The predicted octanol–water partition coefficient (Wildman–Crippen LogP) is 2.99. The molecule has 0 amide bonds. The highest BCUT2D eigenvalue weighted by molar-refractivity contribution is 5.34. The Labute approximate surface area is 129 Å². The van der Waals surface area contributed by atoms with Crippen molar-refractivity contribution in [1.29, 1.82) is 0 Å². The number of aromatic nitrogens is 2. The molecule has 3 aromatic rings. The Morgan fingerprint density at radius 2 is 1.64 bits per heavy atom. The van der Waals surface area contributed by atoms with E-state index >= 15 is 0 Å². The number of benzene rings is 2. The number of aliphatic hydroxyl groups excluding tert-OH is 1. The highest BCUT2D eigenvalue weighted by Crippen LogP contribution is 2.18. The number of para-hydroxylation sites is 1. The zero-order valence-electron chi connectivity index (χ0n) is 12.2. The van der Waals surface area contributed by atoms with Crippen LogP contribution in [0.3, 0.4) is 0 Å². The number of hydrogen-bond donors (Lipinski definition) is 1. The van der Waals surface area contributed by atoms with Gasteiger partial charge in [-0.2, -0.15) is 0 Å². The van der Waals surface area contributed by atoms with Crippen LogP contribution in [0, 0.1) is 0 Å². The van der Waals surface area contributed by atoms with Crippen LogP contribution in [0.5, 0.6) is 5.88 Å². The first-order valence-corrected chi connectivity index (χ1v) is 7.29. The third-order valence-corrected chi connectivity index (χ3v) is 3.36. The molecule has 0 aliphatic carbocycles. The van der Waals surface area contributed by atoms with Crippen LogP contribution in [-0.4, -0.2) is 21.5 Å². The van der Waals surface area contributed by atoms with Crippen LogP contribution in [0.4, 0.5) is 0 Å². The number of nitrogens with zero attached hydrogens (tertiary/aromatic N) is 2. The second-order valence-electron chi connectivity index (χ2n) is 4.97. The summed E-state index contributed by atoms with van der Waals surface area (Å²) in [5.74, 6) is 0.566. The summed E-state index contributed by atoms with van der Waals surface area (Å²) in [5.41, 5.74) is 2.98. The number of rotatable bonds is 6. The normalized spacial score (nSPS) is 10.6. The summed E-state index contributed by atoms with van der Waals surface area (Å²) in [4.78, 5) is 0. The van der Waals surface area contributed by atoms with Crippen molar-refractivity contribution in [2.45, 2.75) is 13.0 Å². The highest BCUT2D eigenvalue weighted by Gasteiger charge is 2.10. The van der Waals surface area contributed by atoms with Crippen molar-refractivity contribution in [3.8, 4) is 11.6 Å². The van der Waals surface area contributed by atoms with Crippen LogP contribution in [0.25, 0.3) is 5.69 Å². The number of aliphatic hydroxyl groups is 1. The van der Waals surface area contributed by atoms with Gasteiger partial charge >= 0.3 is 0 Å². The minimum atomic E-state index is 0.0800. The van der Waals surface area contributed by atoms with Crippen molar-refractivity contribution in [3.05, 3.63) is 78.0 Å². The summed E-state index contributed by atoms with van der Waals surface area (Å²) < 4.78 is 7.58. The fourth-order valence-electron chi connectivity index (χ4n) is 2.28. The van der Waals surface area contributed by atoms with Gasteiger partial charge in [0, 0.05) is 19.1 Å². The first-order chi connectivity index (χ1) is 10.9. The lowest BCUT2D eigenvalue weighted by molar-refractivity contribution is 0.292. The molecular formula is C18H18N2O2. The summed E-state index contributed by atoms with van der Waals surface area (Å²) in [6.07, 6.45) is 0.538. The monoisotopic (exact) mass is 294 g/mol. The number of ether oxygens (including phenoxy) is 1. The summed E-state index contributed by atoms with van der Waals surface area (Å²) in [6, 6.07) is 21.7. The van der Waals surface area contributed by atoms with Crippen LogP contribution in [-0.2, 0) is 13.0 Å². The molecular weight excluding hydrogens is 276 g/mol. The standard InChI is InChI=1S/C18H18N2O2/c21-12-11-17-13-18(22-14-15-7-3-1-4-8-15)19-20(17)16-9-5-2-6-10-16/h1-10,13,21H,11-12,14H2. The van der Waals surface area contributed by atoms with E-state index in [1.54, 1.807) is 0 Å². The van der Waals surface area contributed by atoms with Crippen molar-refractivity contribution in [2.24, 2.45) is 0 Å². The molecule has 0 saturated carbocycles. The average Bonchev–Trinajstić information content (AvgIpc) is 2.98. The van der Waals surface area contributed by atoms with Gasteiger partial charge in [0.15, 0.2) is 0 Å². The Morgan fingerprint density at radius 3 is 2.32 bits per heavy atom. The smallest absolute Gasteiger partial charge is 0.233 e. The van der Waals surface area contributed by atoms with Crippen molar-refractivity contribution < 1.29 is 9.84 Å². The number of hydrogen-bond acceptors (Lipinski definition) is 3. The van der Waals surface area contributed by atoms with Crippen LogP contribution in [0.2, 0.25) is 0 Å². The maximum Gasteiger partial charge on any atom is 0.233 e. The summed E-state index contributed by atoms with van der Waals surface area (Å²) >= 11 is 0. The molecule has 0 bridgehead atoms. The van der Waals surface area contributed by atoms with Crippen LogP contribution in [0.1, 0.15) is 11.3 Å². The largest absolute Gasteiger partial charge is 0.472 e. The van der Waals surface area contributed by atoms with Gasteiger partial charge in [0.1, 0.15) is 6.61 Å². The van der Waals surface area contributed by atoms with Gasteiger partial charge < -0.3 is 9.84 Å². The average molecular weight is 294 g/mol. The highest BCUT2D eigenvalue weighted by atomic mass is 16.5. The third-order valence-electron chi connectivity index (χ3n) is 3.36.